The lowest BCUT2D eigenvalue weighted by Gasteiger charge is -2.33. The molecule has 0 aromatic heterocycles. The molecule has 1 saturated heterocycles. The van der Waals surface area contributed by atoms with E-state index in [0.29, 0.717) is 36.4 Å². The smallest absolute Gasteiger partial charge is 0.252 e. The third-order valence-electron chi connectivity index (χ3n) is 5.05. The van der Waals surface area contributed by atoms with Crippen LogP contribution in [0.15, 0.2) is 18.2 Å². The molecule has 2 rings (SSSR count). The molecule has 2 N–H and O–H groups in total. The minimum Gasteiger partial charge on any atom is -0.497 e. The number of rotatable bonds is 8. The molecular formula is C20H31N3O6S. The van der Waals surface area contributed by atoms with Crippen molar-refractivity contribution in [2.24, 2.45) is 5.92 Å². The van der Waals surface area contributed by atoms with Crippen molar-refractivity contribution in [3.05, 3.63) is 23.8 Å². The number of carbonyl (C=O) groups excluding carboxylic acids is 2. The first-order chi connectivity index (χ1) is 14.0. The highest BCUT2D eigenvalue weighted by Crippen LogP contribution is 2.23. The summed E-state index contributed by atoms with van der Waals surface area (Å²) in [5.74, 6) is -0.00619. The molecule has 168 valence electrons. The molecule has 9 nitrogen and oxygen atoms in total. The molecule has 2 atom stereocenters. The Morgan fingerprint density at radius 3 is 2.23 bits per heavy atom. The number of nitrogens with zero attached hydrogens (tertiary/aromatic N) is 1. The van der Waals surface area contributed by atoms with Gasteiger partial charge in [0.2, 0.25) is 15.9 Å². The maximum Gasteiger partial charge on any atom is 0.252 e. The van der Waals surface area contributed by atoms with Crippen LogP contribution < -0.4 is 20.1 Å². The number of ether oxygens (including phenoxy) is 2. The average Bonchev–Trinajstić information content (AvgIpc) is 2.70. The zero-order valence-electron chi connectivity index (χ0n) is 18.1. The molecule has 1 aromatic rings. The van der Waals surface area contributed by atoms with Gasteiger partial charge in [-0.2, -0.15) is 0 Å². The van der Waals surface area contributed by atoms with E-state index in [0.717, 1.165) is 6.26 Å². The highest BCUT2D eigenvalue weighted by molar-refractivity contribution is 7.88. The summed E-state index contributed by atoms with van der Waals surface area (Å²) in [5, 5.41) is 5.67. The van der Waals surface area contributed by atoms with E-state index < -0.39 is 22.0 Å². The number of hydrogen-bond donors (Lipinski definition) is 2. The number of carbonyl (C=O) groups is 2. The lowest BCUT2D eigenvalue weighted by Crippen LogP contribution is -2.55. The highest BCUT2D eigenvalue weighted by Gasteiger charge is 2.31. The Balaban J connectivity index is 2.10. The largest absolute Gasteiger partial charge is 0.497 e. The van der Waals surface area contributed by atoms with Gasteiger partial charge >= 0.3 is 0 Å². The monoisotopic (exact) mass is 441 g/mol. The Hall–Kier alpha value is -2.33. The first kappa shape index (κ1) is 23.9. The minimum atomic E-state index is -3.31. The van der Waals surface area contributed by atoms with Crippen molar-refractivity contribution in [2.75, 3.05) is 33.6 Å². The highest BCUT2D eigenvalue weighted by atomic mass is 32.2. The van der Waals surface area contributed by atoms with Gasteiger partial charge in [-0.15, -0.1) is 0 Å². The second-order valence-corrected chi connectivity index (χ2v) is 9.75. The van der Waals surface area contributed by atoms with Crippen LogP contribution in [-0.4, -0.2) is 70.2 Å². The predicted octanol–water partition coefficient (Wildman–Crippen LogP) is 0.998. The summed E-state index contributed by atoms with van der Waals surface area (Å²) in [6.45, 7) is 4.35. The van der Waals surface area contributed by atoms with Gasteiger partial charge in [-0.05, 0) is 30.9 Å². The predicted molar refractivity (Wildman–Crippen MR) is 113 cm³/mol. The lowest BCUT2D eigenvalue weighted by atomic mass is 10.0. The van der Waals surface area contributed by atoms with Gasteiger partial charge in [-0.3, -0.25) is 9.59 Å². The lowest BCUT2D eigenvalue weighted by molar-refractivity contribution is -0.124. The molecule has 0 bridgehead atoms. The number of hydrogen-bond acceptors (Lipinski definition) is 6. The van der Waals surface area contributed by atoms with Crippen molar-refractivity contribution >= 4 is 21.8 Å². The fraction of sp³-hybridized carbons (Fsp3) is 0.600. The summed E-state index contributed by atoms with van der Waals surface area (Å²) in [4.78, 5) is 25.7. The number of piperidine rings is 1. The molecule has 0 aliphatic carbocycles. The fourth-order valence-corrected chi connectivity index (χ4v) is 4.26. The maximum atomic E-state index is 12.9. The SMILES string of the molecule is COc1cc(OC)cc(C(=O)NC(C(=O)NC2CCCN(S(C)(=O)=O)C2)C(C)C)c1. The summed E-state index contributed by atoms with van der Waals surface area (Å²) in [6.07, 6.45) is 2.51. The van der Waals surface area contributed by atoms with Crippen LogP contribution in [0.5, 0.6) is 11.5 Å². The molecular weight excluding hydrogens is 410 g/mol. The average molecular weight is 442 g/mol. The molecule has 1 aromatic carbocycles. The Bertz CT molecular complexity index is 849. The third kappa shape index (κ3) is 6.33. The molecule has 1 aliphatic rings. The standard InChI is InChI=1S/C20H31N3O6S/c1-13(2)18(20(25)21-15-7-6-8-23(12-15)30(5,26)27)22-19(24)14-9-16(28-3)11-17(10-14)29-4/h9-11,13,15,18H,6-8,12H2,1-5H3,(H,21,25)(H,22,24). The third-order valence-corrected chi connectivity index (χ3v) is 6.32. The molecule has 2 amide bonds. The Morgan fingerprint density at radius 1 is 1.13 bits per heavy atom. The van der Waals surface area contributed by atoms with Crippen molar-refractivity contribution in [3.8, 4) is 11.5 Å². The molecule has 1 aliphatic heterocycles. The van der Waals surface area contributed by atoms with Crippen LogP contribution in [0.1, 0.15) is 37.0 Å². The van der Waals surface area contributed by atoms with E-state index in [2.05, 4.69) is 10.6 Å². The maximum absolute atomic E-state index is 12.9. The molecule has 2 unspecified atom stereocenters. The topological polar surface area (TPSA) is 114 Å². The second-order valence-electron chi connectivity index (χ2n) is 7.77. The van der Waals surface area contributed by atoms with Crippen molar-refractivity contribution < 1.29 is 27.5 Å². The van der Waals surface area contributed by atoms with E-state index in [-0.39, 0.29) is 24.4 Å². The van der Waals surface area contributed by atoms with E-state index in [4.69, 9.17) is 9.47 Å². The quantitative estimate of drug-likeness (QED) is 0.622. The molecule has 10 heteroatoms. The number of nitrogens with one attached hydrogen (secondary N) is 2. The summed E-state index contributed by atoms with van der Waals surface area (Å²) < 4.78 is 35.4. The van der Waals surface area contributed by atoms with Gasteiger partial charge in [0.15, 0.2) is 0 Å². The fourth-order valence-electron chi connectivity index (χ4n) is 3.35. The van der Waals surface area contributed by atoms with Gasteiger partial charge in [0.1, 0.15) is 17.5 Å². The van der Waals surface area contributed by atoms with Gasteiger partial charge in [0.05, 0.1) is 20.5 Å². The van der Waals surface area contributed by atoms with E-state index in [1.54, 1.807) is 18.2 Å². The first-order valence-electron chi connectivity index (χ1n) is 9.84. The van der Waals surface area contributed by atoms with Crippen molar-refractivity contribution in [2.45, 2.75) is 38.8 Å². The zero-order valence-corrected chi connectivity index (χ0v) is 18.9. The molecule has 0 spiro atoms. The second kappa shape index (κ2) is 10.1. The summed E-state index contributed by atoms with van der Waals surface area (Å²) in [7, 11) is -0.329. The first-order valence-corrected chi connectivity index (χ1v) is 11.7. The number of methoxy groups -OCH3 is 2. The summed E-state index contributed by atoms with van der Waals surface area (Å²) in [5.41, 5.74) is 0.311. The van der Waals surface area contributed by atoms with Gasteiger partial charge in [-0.1, -0.05) is 13.8 Å². The Labute approximate surface area is 178 Å². The van der Waals surface area contributed by atoms with Crippen molar-refractivity contribution in [3.63, 3.8) is 0 Å². The molecule has 0 saturated carbocycles. The number of sulfonamides is 1. The van der Waals surface area contributed by atoms with Crippen LogP contribution in [0.4, 0.5) is 0 Å². The number of amides is 2. The number of benzene rings is 1. The van der Waals surface area contributed by atoms with Gasteiger partial charge in [-0.25, -0.2) is 12.7 Å². The summed E-state index contributed by atoms with van der Waals surface area (Å²) in [6, 6.07) is 3.72. The molecule has 1 fully saturated rings. The van der Waals surface area contributed by atoms with Crippen LogP contribution in [0.2, 0.25) is 0 Å². The minimum absolute atomic E-state index is 0.170. The van der Waals surface area contributed by atoms with Crippen molar-refractivity contribution in [1.82, 2.24) is 14.9 Å². The van der Waals surface area contributed by atoms with Gasteiger partial charge in [0, 0.05) is 30.8 Å². The van der Waals surface area contributed by atoms with E-state index in [1.807, 2.05) is 13.8 Å². The van der Waals surface area contributed by atoms with Crippen LogP contribution in [0.3, 0.4) is 0 Å². The molecule has 30 heavy (non-hydrogen) atoms. The normalized spacial score (nSPS) is 18.5. The Kier molecular flexibility index (Phi) is 8.08. The van der Waals surface area contributed by atoms with Crippen LogP contribution in [0, 0.1) is 5.92 Å². The van der Waals surface area contributed by atoms with Gasteiger partial charge in [0.25, 0.3) is 5.91 Å². The van der Waals surface area contributed by atoms with E-state index in [1.165, 1.54) is 18.5 Å². The van der Waals surface area contributed by atoms with Crippen LogP contribution in [0.25, 0.3) is 0 Å². The molecule has 0 radical (unpaired) electrons. The van der Waals surface area contributed by atoms with Crippen molar-refractivity contribution in [1.29, 1.82) is 0 Å². The molecule has 1 heterocycles. The van der Waals surface area contributed by atoms with E-state index in [9.17, 15) is 18.0 Å². The summed E-state index contributed by atoms with van der Waals surface area (Å²) >= 11 is 0. The van der Waals surface area contributed by atoms with E-state index >= 15 is 0 Å². The van der Waals surface area contributed by atoms with Gasteiger partial charge < -0.3 is 20.1 Å². The van der Waals surface area contributed by atoms with Crippen LogP contribution >= 0.6 is 0 Å². The van der Waals surface area contributed by atoms with Crippen LogP contribution in [-0.2, 0) is 14.8 Å². The Morgan fingerprint density at radius 2 is 1.73 bits per heavy atom. The zero-order chi connectivity index (χ0) is 22.5.